The van der Waals surface area contributed by atoms with Gasteiger partial charge in [-0.15, -0.1) is 11.3 Å². The summed E-state index contributed by atoms with van der Waals surface area (Å²) in [4.78, 5) is 13.3. The van der Waals surface area contributed by atoms with Crippen LogP contribution in [0, 0.1) is 11.2 Å². The van der Waals surface area contributed by atoms with E-state index in [1.807, 2.05) is 26.2 Å². The summed E-state index contributed by atoms with van der Waals surface area (Å²) in [6.45, 7) is 7.46. The number of hydrogen-bond donors (Lipinski definition) is 2. The molecule has 1 aromatic heterocycles. The number of benzene rings is 1. The standard InChI is InChI=1S/C22H29FN2O4S2/c1-21(2,3)14-18(26)24-20-19(17-9-6-12-30-17)25(11-10-22(20,4)27)31(28,29)16-8-5-7-15(23)13-16/h5-9,12-13,19-20,27H,10-11,14H2,1-4H3,(H,24,26). The molecule has 2 aromatic rings. The minimum absolute atomic E-state index is 0.0417. The van der Waals surface area contributed by atoms with Gasteiger partial charge in [0.25, 0.3) is 0 Å². The first-order valence-corrected chi connectivity index (χ1v) is 12.5. The Morgan fingerprint density at radius 2 is 2.03 bits per heavy atom. The van der Waals surface area contributed by atoms with E-state index in [0.29, 0.717) is 4.88 Å². The van der Waals surface area contributed by atoms with Gasteiger partial charge in [-0.2, -0.15) is 4.31 Å². The van der Waals surface area contributed by atoms with E-state index in [0.717, 1.165) is 6.07 Å². The van der Waals surface area contributed by atoms with Crippen LogP contribution in [0.25, 0.3) is 0 Å². The summed E-state index contributed by atoms with van der Waals surface area (Å²) in [7, 11) is -4.08. The van der Waals surface area contributed by atoms with Crippen molar-refractivity contribution in [2.24, 2.45) is 5.41 Å². The molecule has 3 rings (SSSR count). The van der Waals surface area contributed by atoms with Crippen molar-refractivity contribution in [1.29, 1.82) is 0 Å². The molecule has 31 heavy (non-hydrogen) atoms. The van der Waals surface area contributed by atoms with Crippen molar-refractivity contribution in [2.45, 2.75) is 63.1 Å². The number of thiophene rings is 1. The Morgan fingerprint density at radius 1 is 1.32 bits per heavy atom. The summed E-state index contributed by atoms with van der Waals surface area (Å²) >= 11 is 1.35. The van der Waals surface area contributed by atoms with Gasteiger partial charge in [0.15, 0.2) is 0 Å². The number of nitrogens with zero attached hydrogens (tertiary/aromatic N) is 1. The van der Waals surface area contributed by atoms with Crippen LogP contribution in [0.5, 0.6) is 0 Å². The van der Waals surface area contributed by atoms with Crippen molar-refractivity contribution in [1.82, 2.24) is 9.62 Å². The van der Waals surface area contributed by atoms with Crippen molar-refractivity contribution in [3.8, 4) is 0 Å². The zero-order valence-corrected chi connectivity index (χ0v) is 19.8. The summed E-state index contributed by atoms with van der Waals surface area (Å²) in [5.74, 6) is -0.905. The maximum absolute atomic E-state index is 13.8. The zero-order valence-electron chi connectivity index (χ0n) is 18.1. The largest absolute Gasteiger partial charge is 0.388 e. The van der Waals surface area contributed by atoms with E-state index >= 15 is 0 Å². The van der Waals surface area contributed by atoms with Crippen LogP contribution in [-0.2, 0) is 14.8 Å². The fourth-order valence-corrected chi connectivity index (χ4v) is 6.47. The lowest BCUT2D eigenvalue weighted by molar-refractivity contribution is -0.128. The van der Waals surface area contributed by atoms with Gasteiger partial charge in [-0.05, 0) is 48.4 Å². The van der Waals surface area contributed by atoms with Gasteiger partial charge < -0.3 is 10.4 Å². The molecule has 1 aliphatic rings. The van der Waals surface area contributed by atoms with E-state index in [1.54, 1.807) is 19.1 Å². The van der Waals surface area contributed by atoms with E-state index < -0.39 is 33.5 Å². The maximum Gasteiger partial charge on any atom is 0.243 e. The Bertz CT molecular complexity index is 1030. The third kappa shape index (κ3) is 5.34. The second-order valence-corrected chi connectivity index (χ2v) is 12.3. The Labute approximate surface area is 187 Å². The summed E-state index contributed by atoms with van der Waals surface area (Å²) < 4.78 is 42.0. The highest BCUT2D eigenvalue weighted by molar-refractivity contribution is 7.89. The van der Waals surface area contributed by atoms with Gasteiger partial charge >= 0.3 is 0 Å². The molecule has 3 atom stereocenters. The number of rotatable bonds is 5. The van der Waals surface area contributed by atoms with Gasteiger partial charge in [0.05, 0.1) is 22.6 Å². The Morgan fingerprint density at radius 3 is 2.61 bits per heavy atom. The van der Waals surface area contributed by atoms with Gasteiger partial charge in [0.2, 0.25) is 15.9 Å². The number of piperidine rings is 1. The fourth-order valence-electron chi connectivity index (χ4n) is 3.88. The van der Waals surface area contributed by atoms with Gasteiger partial charge in [0.1, 0.15) is 5.82 Å². The van der Waals surface area contributed by atoms with Crippen LogP contribution >= 0.6 is 11.3 Å². The lowest BCUT2D eigenvalue weighted by Crippen LogP contribution is -2.63. The van der Waals surface area contributed by atoms with Crippen LogP contribution in [0.2, 0.25) is 0 Å². The average Bonchev–Trinajstić information content (AvgIpc) is 3.15. The molecule has 9 heteroatoms. The van der Waals surface area contributed by atoms with Crippen molar-refractivity contribution < 1.29 is 22.7 Å². The summed E-state index contributed by atoms with van der Waals surface area (Å²) in [5.41, 5.74) is -1.59. The zero-order chi connectivity index (χ0) is 23.0. The molecule has 2 N–H and O–H groups in total. The summed E-state index contributed by atoms with van der Waals surface area (Å²) in [6, 6.07) is 6.78. The Kier molecular flexibility index (Phi) is 6.63. The SMILES string of the molecule is CC(C)(C)CC(=O)NC1C(c2cccs2)N(S(=O)(=O)c2cccc(F)c2)CCC1(C)O. The van der Waals surface area contributed by atoms with Crippen LogP contribution < -0.4 is 5.32 Å². The molecule has 2 heterocycles. The van der Waals surface area contributed by atoms with Gasteiger partial charge in [-0.1, -0.05) is 32.9 Å². The van der Waals surface area contributed by atoms with Crippen molar-refractivity contribution in [3.63, 3.8) is 0 Å². The third-order valence-corrected chi connectivity index (χ3v) is 8.20. The molecule has 0 radical (unpaired) electrons. The normalized spacial score (nSPS) is 25.4. The van der Waals surface area contributed by atoms with Crippen LogP contribution in [0.1, 0.15) is 51.5 Å². The molecule has 0 spiro atoms. The number of halogens is 1. The van der Waals surface area contributed by atoms with Crippen LogP contribution in [0.3, 0.4) is 0 Å². The average molecular weight is 469 g/mol. The molecular formula is C22H29FN2O4S2. The first-order chi connectivity index (χ1) is 14.3. The molecule has 1 amide bonds. The summed E-state index contributed by atoms with van der Waals surface area (Å²) in [5, 5.41) is 15.9. The van der Waals surface area contributed by atoms with Gasteiger partial charge in [0, 0.05) is 17.8 Å². The van der Waals surface area contributed by atoms with Crippen LogP contribution in [0.15, 0.2) is 46.7 Å². The van der Waals surface area contributed by atoms with E-state index in [4.69, 9.17) is 0 Å². The minimum atomic E-state index is -4.08. The molecule has 1 saturated heterocycles. The number of sulfonamides is 1. The van der Waals surface area contributed by atoms with E-state index in [9.17, 15) is 22.7 Å². The molecule has 1 fully saturated rings. The van der Waals surface area contributed by atoms with E-state index in [2.05, 4.69) is 5.32 Å². The monoisotopic (exact) mass is 468 g/mol. The predicted octanol–water partition coefficient (Wildman–Crippen LogP) is 3.69. The van der Waals surface area contributed by atoms with Crippen molar-refractivity contribution in [3.05, 3.63) is 52.5 Å². The molecular weight excluding hydrogens is 439 g/mol. The number of carbonyl (C=O) groups is 1. The molecule has 1 aliphatic heterocycles. The third-order valence-electron chi connectivity index (χ3n) is 5.38. The number of nitrogens with one attached hydrogen (secondary N) is 1. The number of carbonyl (C=O) groups excluding carboxylic acids is 1. The maximum atomic E-state index is 13.8. The molecule has 0 aliphatic carbocycles. The molecule has 0 bridgehead atoms. The fraction of sp³-hybridized carbons (Fsp3) is 0.500. The van der Waals surface area contributed by atoms with Crippen LogP contribution in [-0.4, -0.2) is 41.9 Å². The Balaban J connectivity index is 2.05. The second kappa shape index (κ2) is 8.61. The predicted molar refractivity (Wildman–Crippen MR) is 119 cm³/mol. The highest BCUT2D eigenvalue weighted by Crippen LogP contribution is 2.42. The lowest BCUT2D eigenvalue weighted by atomic mass is 9.82. The first-order valence-electron chi connectivity index (χ1n) is 10.1. The van der Waals surface area contributed by atoms with Gasteiger partial charge in [-0.3, -0.25) is 4.79 Å². The van der Waals surface area contributed by atoms with E-state index in [-0.39, 0.29) is 35.6 Å². The number of hydrogen-bond acceptors (Lipinski definition) is 5. The van der Waals surface area contributed by atoms with Crippen LogP contribution in [0.4, 0.5) is 4.39 Å². The smallest absolute Gasteiger partial charge is 0.243 e. The quantitative estimate of drug-likeness (QED) is 0.701. The molecule has 1 aromatic carbocycles. The van der Waals surface area contributed by atoms with Crippen molar-refractivity contribution >= 4 is 27.3 Å². The first kappa shape index (κ1) is 23.8. The lowest BCUT2D eigenvalue weighted by Gasteiger charge is -2.48. The number of aliphatic hydroxyl groups is 1. The highest BCUT2D eigenvalue weighted by atomic mass is 32.2. The molecule has 170 valence electrons. The number of amides is 1. The van der Waals surface area contributed by atoms with E-state index in [1.165, 1.54) is 33.8 Å². The second-order valence-electron chi connectivity index (χ2n) is 9.42. The molecule has 6 nitrogen and oxygen atoms in total. The van der Waals surface area contributed by atoms with Crippen molar-refractivity contribution in [2.75, 3.05) is 6.54 Å². The van der Waals surface area contributed by atoms with Gasteiger partial charge in [-0.25, -0.2) is 12.8 Å². The summed E-state index contributed by atoms with van der Waals surface area (Å²) in [6.07, 6.45) is 0.358. The highest BCUT2D eigenvalue weighted by Gasteiger charge is 2.50. The minimum Gasteiger partial charge on any atom is -0.388 e. The Hall–Kier alpha value is -1.81. The molecule has 0 saturated carbocycles. The topological polar surface area (TPSA) is 86.7 Å². The molecule has 3 unspecified atom stereocenters.